The molecule has 0 amide bonds. The molecular weight excluding hydrogens is 440 g/mol. The molecule has 4 heterocycles. The van der Waals surface area contributed by atoms with Crippen molar-refractivity contribution in [2.45, 2.75) is 108 Å². The van der Waals surface area contributed by atoms with Crippen LogP contribution in [0, 0.1) is 35.5 Å². The molecule has 4 heteroatoms. The molecule has 3 aliphatic heterocycles. The number of rotatable bonds is 1. The van der Waals surface area contributed by atoms with Gasteiger partial charge in [-0.15, -0.1) is 0 Å². The molecular formula is C32H46N4. The van der Waals surface area contributed by atoms with E-state index in [1.165, 1.54) is 101 Å². The van der Waals surface area contributed by atoms with Gasteiger partial charge in [-0.05, 0) is 148 Å². The fraction of sp³-hybridized carbons (Fsp3) is 0.781. The van der Waals surface area contributed by atoms with Crippen LogP contribution in [0.5, 0.6) is 0 Å². The van der Waals surface area contributed by atoms with Gasteiger partial charge in [-0.1, -0.05) is 13.8 Å². The van der Waals surface area contributed by atoms with E-state index in [2.05, 4.69) is 42.1 Å². The minimum Gasteiger partial charge on any atom is -0.381 e. The van der Waals surface area contributed by atoms with Crippen LogP contribution in [0.1, 0.15) is 107 Å². The molecule has 8 rings (SSSR count). The quantitative estimate of drug-likeness (QED) is 0.473. The van der Waals surface area contributed by atoms with Gasteiger partial charge in [0.15, 0.2) is 0 Å². The molecule has 4 fully saturated rings. The summed E-state index contributed by atoms with van der Waals surface area (Å²) >= 11 is 0. The molecule has 4 aliphatic carbocycles. The molecule has 4 nitrogen and oxygen atoms in total. The van der Waals surface area contributed by atoms with Gasteiger partial charge in [0.25, 0.3) is 0 Å². The molecule has 36 heavy (non-hydrogen) atoms. The van der Waals surface area contributed by atoms with E-state index < -0.39 is 0 Å². The van der Waals surface area contributed by atoms with E-state index in [0.717, 1.165) is 35.5 Å². The summed E-state index contributed by atoms with van der Waals surface area (Å²) in [5.41, 5.74) is 8.31. The van der Waals surface area contributed by atoms with E-state index >= 15 is 0 Å². The van der Waals surface area contributed by atoms with Crippen molar-refractivity contribution >= 4 is 0 Å². The highest BCUT2D eigenvalue weighted by atomic mass is 15.1. The Bertz CT molecular complexity index is 1090. The summed E-state index contributed by atoms with van der Waals surface area (Å²) in [5.74, 6) is 5.04. The monoisotopic (exact) mass is 486 g/mol. The van der Waals surface area contributed by atoms with E-state index in [-0.39, 0.29) is 5.54 Å². The van der Waals surface area contributed by atoms with Gasteiger partial charge >= 0.3 is 0 Å². The van der Waals surface area contributed by atoms with Gasteiger partial charge in [0.2, 0.25) is 0 Å². The number of nitrogens with zero attached hydrogens (tertiary/aromatic N) is 1. The number of pyridine rings is 1. The van der Waals surface area contributed by atoms with E-state index in [9.17, 15) is 0 Å². The summed E-state index contributed by atoms with van der Waals surface area (Å²) in [5, 5.41) is 12.4. The molecule has 4 bridgehead atoms. The van der Waals surface area contributed by atoms with E-state index in [1.807, 2.05) is 0 Å². The number of hydrogen-bond donors (Lipinski definition) is 3. The molecule has 0 spiro atoms. The van der Waals surface area contributed by atoms with Crippen LogP contribution in [0.4, 0.5) is 0 Å². The summed E-state index contributed by atoms with van der Waals surface area (Å²) in [6, 6.07) is 3.05. The van der Waals surface area contributed by atoms with Crippen molar-refractivity contribution in [1.82, 2.24) is 20.9 Å². The second kappa shape index (κ2) is 8.06. The Morgan fingerprint density at radius 3 is 2.36 bits per heavy atom. The fourth-order valence-corrected chi connectivity index (χ4v) is 11.2. The highest BCUT2D eigenvalue weighted by Crippen LogP contribution is 2.58. The van der Waals surface area contributed by atoms with E-state index in [1.54, 1.807) is 16.8 Å². The largest absolute Gasteiger partial charge is 0.381 e. The van der Waals surface area contributed by atoms with Gasteiger partial charge in [-0.2, -0.15) is 0 Å². The van der Waals surface area contributed by atoms with Crippen LogP contribution in [0.15, 0.2) is 23.5 Å². The predicted octanol–water partition coefficient (Wildman–Crippen LogP) is 5.75. The number of aromatic nitrogens is 1. The molecule has 0 radical (unpaired) electrons. The highest BCUT2D eigenvalue weighted by molar-refractivity contribution is 5.42. The van der Waals surface area contributed by atoms with Crippen LogP contribution in [0.3, 0.4) is 0 Å². The van der Waals surface area contributed by atoms with Crippen molar-refractivity contribution < 1.29 is 0 Å². The molecule has 1 aromatic rings. The lowest BCUT2D eigenvalue weighted by Gasteiger charge is -2.59. The second-order valence-corrected chi connectivity index (χ2v) is 14.3. The zero-order chi connectivity index (χ0) is 24.1. The maximum absolute atomic E-state index is 5.21. The summed E-state index contributed by atoms with van der Waals surface area (Å²) in [4.78, 5) is 5.21. The predicted molar refractivity (Wildman–Crippen MR) is 144 cm³/mol. The Balaban J connectivity index is 1.14. The van der Waals surface area contributed by atoms with Crippen LogP contribution in [0.2, 0.25) is 0 Å². The molecule has 194 valence electrons. The number of fused-ring (bicyclic) bond motifs is 1. The van der Waals surface area contributed by atoms with Gasteiger partial charge in [-0.25, -0.2) is 0 Å². The topological polar surface area (TPSA) is 49.0 Å². The van der Waals surface area contributed by atoms with Gasteiger partial charge in [0.1, 0.15) is 0 Å². The number of allylic oxidation sites excluding steroid dienone is 1. The van der Waals surface area contributed by atoms with Crippen LogP contribution < -0.4 is 16.0 Å². The van der Waals surface area contributed by atoms with Crippen LogP contribution in [-0.2, 0) is 12.0 Å². The summed E-state index contributed by atoms with van der Waals surface area (Å²) in [6.07, 6.45) is 18.3. The lowest BCUT2D eigenvalue weighted by atomic mass is 9.53. The number of hydrogen-bond acceptors (Lipinski definition) is 4. The van der Waals surface area contributed by atoms with Crippen LogP contribution in [-0.4, -0.2) is 23.6 Å². The summed E-state index contributed by atoms with van der Waals surface area (Å²) in [7, 11) is 0. The summed E-state index contributed by atoms with van der Waals surface area (Å²) in [6.45, 7) is 7.38. The zero-order valence-corrected chi connectivity index (χ0v) is 22.5. The van der Waals surface area contributed by atoms with E-state index in [0.29, 0.717) is 11.6 Å². The second-order valence-electron chi connectivity index (χ2n) is 14.3. The third kappa shape index (κ3) is 3.09. The molecule has 2 saturated carbocycles. The van der Waals surface area contributed by atoms with Crippen LogP contribution in [0.25, 0.3) is 0 Å². The Morgan fingerprint density at radius 2 is 1.56 bits per heavy atom. The lowest BCUT2D eigenvalue weighted by Crippen LogP contribution is -2.64. The molecule has 0 unspecified atom stereocenters. The Morgan fingerprint density at radius 1 is 0.861 bits per heavy atom. The number of nitrogens with one attached hydrogen (secondary N) is 3. The van der Waals surface area contributed by atoms with Gasteiger partial charge < -0.3 is 16.0 Å². The average molecular weight is 487 g/mol. The maximum Gasteiger partial charge on any atom is 0.0529 e. The first-order chi connectivity index (χ1) is 17.6. The first kappa shape index (κ1) is 22.6. The standard InChI is InChI=1S/C32H46N4/c1-19-12-22-15-30-26(31(16-19)24(22)5-3-9-34-31)7-8-28(36-30)23-13-27-29(33-18-23)14-21-11-20(2)17-32(27)25(21)6-4-10-35-32/h13,18-22,24-25,28,34-36H,3-12,14-17H2,1-2H3/t19-,20-,21+,22+,24-,25-,28-,31-,32-/m1/s1. The molecule has 9 atom stereocenters. The van der Waals surface area contributed by atoms with Crippen LogP contribution >= 0.6 is 0 Å². The van der Waals surface area contributed by atoms with E-state index in [4.69, 9.17) is 4.98 Å². The Kier molecular flexibility index (Phi) is 5.05. The highest BCUT2D eigenvalue weighted by Gasteiger charge is 2.56. The summed E-state index contributed by atoms with van der Waals surface area (Å²) < 4.78 is 0. The normalized spacial score (nSPS) is 47.1. The van der Waals surface area contributed by atoms with Gasteiger partial charge in [0, 0.05) is 28.7 Å². The number of piperidine rings is 2. The smallest absolute Gasteiger partial charge is 0.0529 e. The molecule has 1 aromatic heterocycles. The molecule has 7 aliphatic rings. The SMILES string of the molecule is C[C@@H]1C[C@H]2CC3=C(CC[C@H](c4cnc5c(c4)[C@@]46C[C@H](C)C[C@@H](C5)[C@H]4CCCN6)N3)[C@]3(C1)NCCC[C@H]23. The van der Waals surface area contributed by atoms with Gasteiger partial charge in [0.05, 0.1) is 6.04 Å². The van der Waals surface area contributed by atoms with Crippen molar-refractivity contribution in [3.05, 3.63) is 40.4 Å². The average Bonchev–Trinajstić information content (AvgIpc) is 2.87. The molecule has 2 saturated heterocycles. The third-order valence-electron chi connectivity index (χ3n) is 12.2. The first-order valence-electron chi connectivity index (χ1n) is 15.5. The minimum atomic E-state index is 0.187. The minimum absolute atomic E-state index is 0.187. The van der Waals surface area contributed by atoms with Crippen molar-refractivity contribution in [2.75, 3.05) is 13.1 Å². The maximum atomic E-state index is 5.21. The molecule has 3 N–H and O–H groups in total. The van der Waals surface area contributed by atoms with Gasteiger partial charge in [-0.3, -0.25) is 4.98 Å². The Hall–Kier alpha value is -1.39. The van der Waals surface area contributed by atoms with Crippen molar-refractivity contribution in [3.63, 3.8) is 0 Å². The third-order valence-corrected chi connectivity index (χ3v) is 12.2. The van der Waals surface area contributed by atoms with Crippen molar-refractivity contribution in [1.29, 1.82) is 0 Å². The zero-order valence-electron chi connectivity index (χ0n) is 22.5. The first-order valence-corrected chi connectivity index (χ1v) is 15.5. The molecule has 0 aromatic carbocycles. The lowest BCUT2D eigenvalue weighted by molar-refractivity contribution is 0.00790. The van der Waals surface area contributed by atoms with Crippen molar-refractivity contribution in [3.8, 4) is 0 Å². The van der Waals surface area contributed by atoms with Crippen molar-refractivity contribution in [2.24, 2.45) is 35.5 Å². The fourth-order valence-electron chi connectivity index (χ4n) is 11.2. The Labute approximate surface area is 217 Å².